The van der Waals surface area contributed by atoms with Crippen molar-refractivity contribution in [2.75, 3.05) is 6.61 Å². The zero-order valence-electron chi connectivity index (χ0n) is 21.8. The van der Waals surface area contributed by atoms with Gasteiger partial charge in [0, 0.05) is 12.8 Å². The quantitative estimate of drug-likeness (QED) is 0.108. The standard InChI is InChI=1S/C28H54O4/c1-4-6-8-10-14-18-22-26(3)32-28(30)24-20-16-13-12-15-19-23-27(29)31-25-21-17-11-9-7-5-2/h26H,4-25H2,1-3H3. The first-order valence-corrected chi connectivity index (χ1v) is 13.9. The predicted molar refractivity (Wildman–Crippen MR) is 135 cm³/mol. The van der Waals surface area contributed by atoms with Gasteiger partial charge in [-0.05, 0) is 39.0 Å². The molecular formula is C28H54O4. The van der Waals surface area contributed by atoms with E-state index in [4.69, 9.17) is 9.47 Å². The minimum atomic E-state index is -0.0450. The third kappa shape index (κ3) is 23.6. The van der Waals surface area contributed by atoms with E-state index in [2.05, 4.69) is 13.8 Å². The number of ether oxygens (including phenoxy) is 2. The lowest BCUT2D eigenvalue weighted by molar-refractivity contribution is -0.148. The average Bonchev–Trinajstić information content (AvgIpc) is 2.77. The smallest absolute Gasteiger partial charge is 0.306 e. The van der Waals surface area contributed by atoms with E-state index in [0.717, 1.165) is 57.8 Å². The van der Waals surface area contributed by atoms with Crippen LogP contribution in [0.25, 0.3) is 0 Å². The van der Waals surface area contributed by atoms with Gasteiger partial charge in [0.1, 0.15) is 0 Å². The number of carbonyl (C=O) groups is 2. The first-order valence-electron chi connectivity index (χ1n) is 13.9. The van der Waals surface area contributed by atoms with Crippen LogP contribution >= 0.6 is 0 Å². The van der Waals surface area contributed by atoms with Crippen molar-refractivity contribution in [1.29, 1.82) is 0 Å². The van der Waals surface area contributed by atoms with Gasteiger partial charge in [-0.25, -0.2) is 0 Å². The molecule has 0 spiro atoms. The molecule has 0 N–H and O–H groups in total. The van der Waals surface area contributed by atoms with Crippen LogP contribution in [-0.4, -0.2) is 24.6 Å². The van der Waals surface area contributed by atoms with Crippen molar-refractivity contribution in [2.45, 2.75) is 162 Å². The van der Waals surface area contributed by atoms with Crippen LogP contribution in [-0.2, 0) is 19.1 Å². The Morgan fingerprint density at radius 2 is 1.00 bits per heavy atom. The van der Waals surface area contributed by atoms with Crippen molar-refractivity contribution in [3.63, 3.8) is 0 Å². The number of hydrogen-bond donors (Lipinski definition) is 0. The fraction of sp³-hybridized carbons (Fsp3) is 0.929. The molecule has 4 heteroatoms. The van der Waals surface area contributed by atoms with E-state index < -0.39 is 0 Å². The summed E-state index contributed by atoms with van der Waals surface area (Å²) in [4.78, 5) is 23.7. The highest BCUT2D eigenvalue weighted by molar-refractivity contribution is 5.69. The van der Waals surface area contributed by atoms with E-state index >= 15 is 0 Å². The Morgan fingerprint density at radius 1 is 0.562 bits per heavy atom. The van der Waals surface area contributed by atoms with E-state index in [0.29, 0.717) is 19.4 Å². The van der Waals surface area contributed by atoms with Crippen LogP contribution in [0.3, 0.4) is 0 Å². The van der Waals surface area contributed by atoms with Crippen LogP contribution in [0.4, 0.5) is 0 Å². The molecule has 32 heavy (non-hydrogen) atoms. The number of esters is 2. The normalized spacial score (nSPS) is 12.0. The van der Waals surface area contributed by atoms with Crippen molar-refractivity contribution in [3.8, 4) is 0 Å². The summed E-state index contributed by atoms with van der Waals surface area (Å²) in [5.41, 5.74) is 0. The van der Waals surface area contributed by atoms with E-state index in [9.17, 15) is 9.59 Å². The molecule has 0 aromatic carbocycles. The van der Waals surface area contributed by atoms with Crippen LogP contribution in [0.15, 0.2) is 0 Å². The fourth-order valence-corrected chi connectivity index (χ4v) is 3.94. The summed E-state index contributed by atoms with van der Waals surface area (Å²) in [6, 6.07) is 0. The maximum atomic E-state index is 11.9. The Labute approximate surface area is 199 Å². The molecule has 4 nitrogen and oxygen atoms in total. The van der Waals surface area contributed by atoms with Crippen molar-refractivity contribution in [2.24, 2.45) is 0 Å². The van der Waals surface area contributed by atoms with Gasteiger partial charge in [0.05, 0.1) is 12.7 Å². The van der Waals surface area contributed by atoms with Gasteiger partial charge >= 0.3 is 11.9 Å². The summed E-state index contributed by atoms with van der Waals surface area (Å²) in [5, 5.41) is 0. The lowest BCUT2D eigenvalue weighted by Gasteiger charge is -2.13. The maximum absolute atomic E-state index is 11.9. The molecule has 0 saturated heterocycles. The second-order valence-electron chi connectivity index (χ2n) is 9.47. The Balaban J connectivity index is 3.37. The Kier molecular flexibility index (Phi) is 23.8. The molecule has 0 aliphatic rings. The number of carbonyl (C=O) groups excluding carboxylic acids is 2. The molecule has 0 fully saturated rings. The first kappa shape index (κ1) is 30.9. The molecule has 1 unspecified atom stereocenters. The zero-order chi connectivity index (χ0) is 23.7. The summed E-state index contributed by atoms with van der Waals surface area (Å²) >= 11 is 0. The highest BCUT2D eigenvalue weighted by Gasteiger charge is 2.09. The lowest BCUT2D eigenvalue weighted by atomic mass is 10.1. The summed E-state index contributed by atoms with van der Waals surface area (Å²) < 4.78 is 10.8. The Bertz CT molecular complexity index is 422. The lowest BCUT2D eigenvalue weighted by Crippen LogP contribution is -2.14. The number of rotatable bonds is 24. The summed E-state index contributed by atoms with van der Waals surface area (Å²) in [7, 11) is 0. The Hall–Kier alpha value is -1.06. The van der Waals surface area contributed by atoms with Crippen molar-refractivity contribution in [3.05, 3.63) is 0 Å². The molecule has 0 radical (unpaired) electrons. The minimum Gasteiger partial charge on any atom is -0.466 e. The van der Waals surface area contributed by atoms with Crippen LogP contribution in [0.5, 0.6) is 0 Å². The van der Waals surface area contributed by atoms with Gasteiger partial charge in [-0.2, -0.15) is 0 Å². The van der Waals surface area contributed by atoms with E-state index in [1.165, 1.54) is 64.2 Å². The Morgan fingerprint density at radius 3 is 1.56 bits per heavy atom. The van der Waals surface area contributed by atoms with Gasteiger partial charge in [0.2, 0.25) is 0 Å². The number of unbranched alkanes of at least 4 members (excludes halogenated alkanes) is 15. The number of hydrogen-bond acceptors (Lipinski definition) is 4. The average molecular weight is 455 g/mol. The predicted octanol–water partition coefficient (Wildman–Crippen LogP) is 8.69. The van der Waals surface area contributed by atoms with Crippen LogP contribution in [0.2, 0.25) is 0 Å². The summed E-state index contributed by atoms with van der Waals surface area (Å²) in [5.74, 6) is -0.0898. The third-order valence-corrected chi connectivity index (χ3v) is 6.07. The molecule has 1 atom stereocenters. The van der Waals surface area contributed by atoms with Gasteiger partial charge in [0.15, 0.2) is 0 Å². The second kappa shape index (κ2) is 24.6. The van der Waals surface area contributed by atoms with Gasteiger partial charge in [-0.15, -0.1) is 0 Å². The van der Waals surface area contributed by atoms with Gasteiger partial charge in [-0.3, -0.25) is 9.59 Å². The van der Waals surface area contributed by atoms with Gasteiger partial charge in [-0.1, -0.05) is 104 Å². The molecular weight excluding hydrogens is 400 g/mol. The van der Waals surface area contributed by atoms with Crippen molar-refractivity contribution in [1.82, 2.24) is 0 Å². The molecule has 0 heterocycles. The molecule has 0 aromatic heterocycles. The third-order valence-electron chi connectivity index (χ3n) is 6.07. The zero-order valence-corrected chi connectivity index (χ0v) is 21.8. The van der Waals surface area contributed by atoms with Crippen LogP contribution < -0.4 is 0 Å². The molecule has 0 aromatic rings. The van der Waals surface area contributed by atoms with Crippen LogP contribution in [0.1, 0.15) is 156 Å². The largest absolute Gasteiger partial charge is 0.466 e. The van der Waals surface area contributed by atoms with E-state index in [-0.39, 0.29) is 18.0 Å². The van der Waals surface area contributed by atoms with E-state index in [1.54, 1.807) is 0 Å². The van der Waals surface area contributed by atoms with E-state index in [1.807, 2.05) is 6.92 Å². The topological polar surface area (TPSA) is 52.6 Å². The van der Waals surface area contributed by atoms with Crippen LogP contribution in [0, 0.1) is 0 Å². The molecule has 0 aliphatic heterocycles. The molecule has 190 valence electrons. The first-order chi connectivity index (χ1) is 15.6. The highest BCUT2D eigenvalue weighted by atomic mass is 16.5. The maximum Gasteiger partial charge on any atom is 0.306 e. The van der Waals surface area contributed by atoms with Gasteiger partial charge in [0.25, 0.3) is 0 Å². The summed E-state index contributed by atoms with van der Waals surface area (Å²) in [6.07, 6.45) is 23.2. The van der Waals surface area contributed by atoms with Gasteiger partial charge < -0.3 is 9.47 Å². The van der Waals surface area contributed by atoms with Crippen molar-refractivity contribution >= 4 is 11.9 Å². The fourth-order valence-electron chi connectivity index (χ4n) is 3.94. The molecule has 0 amide bonds. The highest BCUT2D eigenvalue weighted by Crippen LogP contribution is 2.13. The molecule has 0 rings (SSSR count). The SMILES string of the molecule is CCCCCCCCOC(=O)CCCCCCCCC(=O)OC(C)CCCCCCCC. The van der Waals surface area contributed by atoms with Crippen molar-refractivity contribution < 1.29 is 19.1 Å². The molecule has 0 saturated carbocycles. The molecule has 0 aliphatic carbocycles. The minimum absolute atomic E-state index is 0.0448. The second-order valence-corrected chi connectivity index (χ2v) is 9.47. The molecule has 0 bridgehead atoms. The monoisotopic (exact) mass is 454 g/mol. The summed E-state index contributed by atoms with van der Waals surface area (Å²) in [6.45, 7) is 7.05.